The highest BCUT2D eigenvalue weighted by atomic mass is 16.7. The first-order valence-electron chi connectivity index (χ1n) is 25.8. The lowest BCUT2D eigenvalue weighted by molar-refractivity contribution is -0.305. The standard InChI is InChI=1S/C51H96O10/c1-3-5-7-9-11-13-15-17-18-19-20-21-22-23-24-25-26-28-30-32-34-36-38-40-47(54)60-44(43-59-51-50(57)49(56)48(55)45(41-52)61-51)42-58-46(53)39-37-35-33-31-29-27-16-14-12-10-8-6-4-2/h14,16,44-45,48-52,55-57H,3-13,15,17-43H2,1-2H3/b16-14+/t44-,45-,48+,49?,50?,51-/m1/s1. The van der Waals surface area contributed by atoms with Crippen molar-refractivity contribution in [1.29, 1.82) is 0 Å². The fraction of sp³-hybridized carbons (Fsp3) is 0.922. The molecule has 4 N–H and O–H groups in total. The second kappa shape index (κ2) is 42.4. The molecule has 0 radical (unpaired) electrons. The van der Waals surface area contributed by atoms with E-state index in [1.807, 2.05) is 0 Å². The molecule has 0 aromatic heterocycles. The van der Waals surface area contributed by atoms with Gasteiger partial charge in [-0.15, -0.1) is 0 Å². The van der Waals surface area contributed by atoms with Gasteiger partial charge in [0, 0.05) is 12.8 Å². The number of carbonyl (C=O) groups excluding carboxylic acids is 2. The minimum atomic E-state index is -1.59. The predicted octanol–water partition coefficient (Wildman–Crippen LogP) is 11.9. The second-order valence-electron chi connectivity index (χ2n) is 18.0. The summed E-state index contributed by atoms with van der Waals surface area (Å²) in [4.78, 5) is 25.4. The van der Waals surface area contributed by atoms with E-state index in [1.165, 1.54) is 154 Å². The largest absolute Gasteiger partial charge is 0.462 e. The first kappa shape index (κ1) is 57.5. The molecule has 0 aromatic carbocycles. The molecule has 0 saturated carbocycles. The molecule has 0 aromatic rings. The third-order valence-electron chi connectivity index (χ3n) is 12.2. The van der Waals surface area contributed by atoms with Gasteiger partial charge in [-0.1, -0.05) is 206 Å². The summed E-state index contributed by atoms with van der Waals surface area (Å²) in [6, 6.07) is 0. The van der Waals surface area contributed by atoms with E-state index in [9.17, 15) is 30.0 Å². The molecule has 0 spiro atoms. The van der Waals surface area contributed by atoms with Crippen LogP contribution in [-0.4, -0.2) is 89.0 Å². The van der Waals surface area contributed by atoms with Gasteiger partial charge in [-0.2, -0.15) is 0 Å². The lowest BCUT2D eigenvalue weighted by Gasteiger charge is -2.39. The summed E-state index contributed by atoms with van der Waals surface area (Å²) >= 11 is 0. The van der Waals surface area contributed by atoms with Crippen LogP contribution < -0.4 is 0 Å². The first-order valence-corrected chi connectivity index (χ1v) is 25.8. The third kappa shape index (κ3) is 33.6. The number of ether oxygens (including phenoxy) is 4. The minimum Gasteiger partial charge on any atom is -0.462 e. The van der Waals surface area contributed by atoms with Gasteiger partial charge in [-0.25, -0.2) is 0 Å². The van der Waals surface area contributed by atoms with Gasteiger partial charge in [-0.05, 0) is 38.5 Å². The lowest BCUT2D eigenvalue weighted by atomic mass is 9.99. The van der Waals surface area contributed by atoms with Crippen LogP contribution in [0.2, 0.25) is 0 Å². The minimum absolute atomic E-state index is 0.216. The molecule has 0 bridgehead atoms. The molecule has 1 heterocycles. The molecule has 1 saturated heterocycles. The van der Waals surface area contributed by atoms with Crippen molar-refractivity contribution >= 4 is 11.9 Å². The lowest BCUT2D eigenvalue weighted by Crippen LogP contribution is -2.59. The number of hydrogen-bond acceptors (Lipinski definition) is 10. The number of aliphatic hydroxyl groups excluding tert-OH is 4. The monoisotopic (exact) mass is 869 g/mol. The summed E-state index contributed by atoms with van der Waals surface area (Å²) in [7, 11) is 0. The summed E-state index contributed by atoms with van der Waals surface area (Å²) in [5.41, 5.74) is 0. The van der Waals surface area contributed by atoms with E-state index < -0.39 is 49.4 Å². The molecule has 0 amide bonds. The van der Waals surface area contributed by atoms with Crippen LogP contribution in [0.4, 0.5) is 0 Å². The van der Waals surface area contributed by atoms with Gasteiger partial charge in [0.15, 0.2) is 12.4 Å². The van der Waals surface area contributed by atoms with E-state index in [1.54, 1.807) is 0 Å². The zero-order valence-electron chi connectivity index (χ0n) is 39.4. The molecule has 10 nitrogen and oxygen atoms in total. The molecule has 2 unspecified atom stereocenters. The maximum Gasteiger partial charge on any atom is 0.306 e. The number of carbonyl (C=O) groups is 2. The van der Waals surface area contributed by atoms with E-state index in [2.05, 4.69) is 26.0 Å². The second-order valence-corrected chi connectivity index (χ2v) is 18.0. The summed E-state index contributed by atoms with van der Waals surface area (Å²) < 4.78 is 22.2. The molecule has 61 heavy (non-hydrogen) atoms. The van der Waals surface area contributed by atoms with Crippen molar-refractivity contribution in [2.45, 2.75) is 282 Å². The fourth-order valence-corrected chi connectivity index (χ4v) is 8.07. The summed E-state index contributed by atoms with van der Waals surface area (Å²) in [6.07, 6.45) is 39.4. The Hall–Kier alpha value is -1.56. The zero-order chi connectivity index (χ0) is 44.4. The highest BCUT2D eigenvalue weighted by Crippen LogP contribution is 2.23. The smallest absolute Gasteiger partial charge is 0.306 e. The van der Waals surface area contributed by atoms with Gasteiger partial charge in [0.05, 0.1) is 13.2 Å². The van der Waals surface area contributed by atoms with Crippen molar-refractivity contribution in [2.24, 2.45) is 0 Å². The van der Waals surface area contributed by atoms with Gasteiger partial charge < -0.3 is 39.4 Å². The number of rotatable bonds is 44. The molecule has 10 heteroatoms. The van der Waals surface area contributed by atoms with Crippen LogP contribution in [0.25, 0.3) is 0 Å². The number of allylic oxidation sites excluding steroid dienone is 2. The van der Waals surface area contributed by atoms with Crippen molar-refractivity contribution in [3.8, 4) is 0 Å². The van der Waals surface area contributed by atoms with Crippen LogP contribution in [0.3, 0.4) is 0 Å². The predicted molar refractivity (Wildman–Crippen MR) is 247 cm³/mol. The van der Waals surface area contributed by atoms with Gasteiger partial charge in [-0.3, -0.25) is 9.59 Å². The highest BCUT2D eigenvalue weighted by molar-refractivity contribution is 5.70. The zero-order valence-corrected chi connectivity index (χ0v) is 39.4. The van der Waals surface area contributed by atoms with E-state index in [0.29, 0.717) is 6.42 Å². The maximum atomic E-state index is 12.8. The maximum absolute atomic E-state index is 12.8. The van der Waals surface area contributed by atoms with E-state index >= 15 is 0 Å². The molecular formula is C51H96O10. The van der Waals surface area contributed by atoms with Crippen LogP contribution in [0.5, 0.6) is 0 Å². The van der Waals surface area contributed by atoms with E-state index in [0.717, 1.165) is 57.8 Å². The van der Waals surface area contributed by atoms with Crippen LogP contribution in [0.1, 0.15) is 245 Å². The van der Waals surface area contributed by atoms with Crippen molar-refractivity contribution < 1.29 is 49.0 Å². The van der Waals surface area contributed by atoms with Crippen molar-refractivity contribution in [3.05, 3.63) is 12.2 Å². The van der Waals surface area contributed by atoms with Gasteiger partial charge >= 0.3 is 11.9 Å². The normalized spacial score (nSPS) is 19.7. The number of hydrogen-bond donors (Lipinski definition) is 4. The molecule has 1 rings (SSSR count). The first-order chi connectivity index (χ1) is 29.8. The molecule has 0 aliphatic carbocycles. The average Bonchev–Trinajstić information content (AvgIpc) is 3.26. The van der Waals surface area contributed by atoms with Crippen LogP contribution in [0, 0.1) is 0 Å². The third-order valence-corrected chi connectivity index (χ3v) is 12.2. The van der Waals surface area contributed by atoms with Crippen molar-refractivity contribution in [2.75, 3.05) is 19.8 Å². The Morgan fingerprint density at radius 3 is 1.30 bits per heavy atom. The summed E-state index contributed by atoms with van der Waals surface area (Å²) in [6.45, 7) is 3.44. The average molecular weight is 869 g/mol. The topological polar surface area (TPSA) is 152 Å². The molecular weight excluding hydrogens is 773 g/mol. The molecule has 360 valence electrons. The number of esters is 2. The van der Waals surface area contributed by atoms with Gasteiger partial charge in [0.25, 0.3) is 0 Å². The molecule has 1 aliphatic heterocycles. The van der Waals surface area contributed by atoms with Crippen molar-refractivity contribution in [3.63, 3.8) is 0 Å². The SMILES string of the molecule is CCCCCC/C=C/CCCCCCCC(=O)OC[C@H](CO[C@@H]1O[C@H](CO)[C@H](O)C(O)C1O)OC(=O)CCCCCCCCCCCCCCCCCCCCCCCCC. The Kier molecular flexibility index (Phi) is 39.9. The van der Waals surface area contributed by atoms with Crippen LogP contribution in [-0.2, 0) is 28.5 Å². The number of unbranched alkanes of at least 4 members (excludes halogenated alkanes) is 31. The van der Waals surface area contributed by atoms with Crippen LogP contribution >= 0.6 is 0 Å². The molecule has 6 atom stereocenters. The molecule has 1 aliphatic rings. The van der Waals surface area contributed by atoms with E-state index in [4.69, 9.17) is 18.9 Å². The number of aliphatic hydroxyl groups is 4. The Morgan fingerprint density at radius 2 is 0.869 bits per heavy atom. The fourth-order valence-electron chi connectivity index (χ4n) is 8.07. The van der Waals surface area contributed by atoms with Gasteiger partial charge in [0.1, 0.15) is 31.0 Å². The quantitative estimate of drug-likeness (QED) is 0.0264. The highest BCUT2D eigenvalue weighted by Gasteiger charge is 2.44. The van der Waals surface area contributed by atoms with Gasteiger partial charge in [0.2, 0.25) is 0 Å². The summed E-state index contributed by atoms with van der Waals surface area (Å²) in [5.74, 6) is -0.803. The van der Waals surface area contributed by atoms with Crippen molar-refractivity contribution in [1.82, 2.24) is 0 Å². The Balaban J connectivity index is 2.22. The Labute approximate surface area is 373 Å². The Morgan fingerprint density at radius 1 is 0.492 bits per heavy atom. The Bertz CT molecular complexity index is 1010. The van der Waals surface area contributed by atoms with E-state index in [-0.39, 0.29) is 32.0 Å². The van der Waals surface area contributed by atoms with Crippen LogP contribution in [0.15, 0.2) is 12.2 Å². The summed E-state index contributed by atoms with van der Waals surface area (Å²) in [5, 5.41) is 40.2. The molecule has 1 fully saturated rings.